The van der Waals surface area contributed by atoms with Gasteiger partial charge in [-0.15, -0.1) is 0 Å². The monoisotopic (exact) mass is 153 g/mol. The largest absolute Gasteiger partial charge is 0.361 e. The Balaban J connectivity index is 2.61. The molecule has 0 unspecified atom stereocenters. The van der Waals surface area contributed by atoms with Crippen molar-refractivity contribution in [2.24, 2.45) is 4.99 Å². The minimum Gasteiger partial charge on any atom is -0.361 e. The molecular weight excluding hydrogens is 138 g/mol. The second kappa shape index (κ2) is 3.53. The first-order valence-electron chi connectivity index (χ1n) is 3.81. The third-order valence-corrected chi connectivity index (χ3v) is 1.91. The summed E-state index contributed by atoms with van der Waals surface area (Å²) < 4.78 is 0. The number of piperazine rings is 1. The second-order valence-corrected chi connectivity index (χ2v) is 2.89. The van der Waals surface area contributed by atoms with Crippen LogP contribution in [0.2, 0.25) is 0 Å². The van der Waals surface area contributed by atoms with Crippen molar-refractivity contribution >= 4 is 5.84 Å². The Morgan fingerprint density at radius 2 is 2.18 bits per heavy atom. The minimum atomic E-state index is 0.933. The number of hydrogen-bond acceptors (Lipinski definition) is 2. The quantitative estimate of drug-likeness (QED) is 0.543. The van der Waals surface area contributed by atoms with Crippen LogP contribution in [0.15, 0.2) is 17.8 Å². The Labute approximate surface area is 68.0 Å². The van der Waals surface area contributed by atoms with Gasteiger partial charge in [0.25, 0.3) is 0 Å². The van der Waals surface area contributed by atoms with Crippen LogP contribution in [0.3, 0.4) is 0 Å². The van der Waals surface area contributed by atoms with Gasteiger partial charge in [-0.05, 0) is 7.05 Å². The van der Waals surface area contributed by atoms with Crippen LogP contribution in [0.1, 0.15) is 0 Å². The molecule has 1 aliphatic rings. The summed E-state index contributed by atoms with van der Waals surface area (Å²) in [5, 5.41) is 0. The number of likely N-dealkylation sites (N-methyl/N-ethyl adjacent to an activating group) is 2. The van der Waals surface area contributed by atoms with Crippen molar-refractivity contribution in [2.45, 2.75) is 0 Å². The molecule has 0 atom stereocenters. The summed E-state index contributed by atoms with van der Waals surface area (Å²) in [6.45, 7) is 6.69. The average molecular weight is 153 g/mol. The number of aliphatic imine (C=N–C) groups is 1. The molecule has 0 amide bonds. The molecule has 0 aromatic heterocycles. The molecule has 0 aromatic rings. The molecule has 1 saturated heterocycles. The van der Waals surface area contributed by atoms with Crippen molar-refractivity contribution in [2.75, 3.05) is 33.7 Å². The number of rotatable bonds is 1. The van der Waals surface area contributed by atoms with Crippen LogP contribution in [0, 0.1) is 0 Å². The summed E-state index contributed by atoms with van der Waals surface area (Å²) in [6.07, 6.45) is 1.60. The van der Waals surface area contributed by atoms with Crippen LogP contribution in [0.4, 0.5) is 0 Å². The Morgan fingerprint density at radius 3 is 2.82 bits per heavy atom. The summed E-state index contributed by atoms with van der Waals surface area (Å²) >= 11 is 0. The molecular formula is C8H15N3. The van der Waals surface area contributed by atoms with Crippen molar-refractivity contribution < 1.29 is 0 Å². The molecule has 1 heterocycles. The van der Waals surface area contributed by atoms with Crippen molar-refractivity contribution in [1.29, 1.82) is 0 Å². The highest BCUT2D eigenvalue weighted by Gasteiger charge is 2.14. The second-order valence-electron chi connectivity index (χ2n) is 2.89. The fourth-order valence-corrected chi connectivity index (χ4v) is 1.14. The number of hydrogen-bond donors (Lipinski definition) is 0. The van der Waals surface area contributed by atoms with Gasteiger partial charge >= 0.3 is 0 Å². The van der Waals surface area contributed by atoms with Gasteiger partial charge in [-0.25, -0.2) is 4.99 Å². The lowest BCUT2D eigenvalue weighted by Gasteiger charge is -2.31. The molecule has 0 spiro atoms. The highest BCUT2D eigenvalue weighted by Crippen LogP contribution is 1.99. The molecule has 0 aliphatic carbocycles. The van der Waals surface area contributed by atoms with E-state index in [0.29, 0.717) is 0 Å². The maximum Gasteiger partial charge on any atom is 0.118 e. The van der Waals surface area contributed by atoms with E-state index in [-0.39, 0.29) is 0 Å². The predicted molar refractivity (Wildman–Crippen MR) is 47.8 cm³/mol. The molecule has 0 saturated carbocycles. The maximum atomic E-state index is 4.18. The van der Waals surface area contributed by atoms with E-state index >= 15 is 0 Å². The molecule has 0 radical (unpaired) electrons. The zero-order valence-corrected chi connectivity index (χ0v) is 7.25. The summed E-state index contributed by atoms with van der Waals surface area (Å²) in [5.74, 6) is 1.11. The lowest BCUT2D eigenvalue weighted by Crippen LogP contribution is -2.46. The molecule has 0 N–H and O–H groups in total. The molecule has 0 aromatic carbocycles. The summed E-state index contributed by atoms with van der Waals surface area (Å²) in [5.41, 5.74) is 0. The van der Waals surface area contributed by atoms with E-state index in [2.05, 4.69) is 35.5 Å². The summed E-state index contributed by atoms with van der Waals surface area (Å²) in [4.78, 5) is 8.60. The molecule has 62 valence electrons. The van der Waals surface area contributed by atoms with Crippen molar-refractivity contribution in [1.82, 2.24) is 9.80 Å². The number of amidine groups is 1. The van der Waals surface area contributed by atoms with Crippen LogP contribution >= 0.6 is 0 Å². The van der Waals surface area contributed by atoms with Crippen molar-refractivity contribution in [3.63, 3.8) is 0 Å². The third kappa shape index (κ3) is 2.05. The van der Waals surface area contributed by atoms with Gasteiger partial charge in [0.05, 0.1) is 6.54 Å². The van der Waals surface area contributed by atoms with E-state index < -0.39 is 0 Å². The highest BCUT2D eigenvalue weighted by molar-refractivity contribution is 5.85. The van der Waals surface area contributed by atoms with Gasteiger partial charge in [0, 0.05) is 26.3 Å². The molecule has 1 fully saturated rings. The Bertz CT molecular complexity index is 174. The molecule has 3 heteroatoms. The predicted octanol–water partition coefficient (Wildman–Crippen LogP) is 0.406. The normalized spacial score (nSPS) is 24.2. The lowest BCUT2D eigenvalue weighted by atomic mass is 10.3. The average Bonchev–Trinajstić information content (AvgIpc) is 1.98. The van der Waals surface area contributed by atoms with Gasteiger partial charge in [0.2, 0.25) is 0 Å². The lowest BCUT2D eigenvalue weighted by molar-refractivity contribution is 0.289. The Morgan fingerprint density at radius 1 is 1.45 bits per heavy atom. The van der Waals surface area contributed by atoms with Crippen LogP contribution in [0.5, 0.6) is 0 Å². The zero-order chi connectivity index (χ0) is 8.27. The van der Waals surface area contributed by atoms with Crippen LogP contribution < -0.4 is 0 Å². The van der Waals surface area contributed by atoms with E-state index in [1.165, 1.54) is 0 Å². The van der Waals surface area contributed by atoms with Crippen molar-refractivity contribution in [3.05, 3.63) is 12.8 Å². The van der Waals surface area contributed by atoms with Gasteiger partial charge < -0.3 is 4.90 Å². The van der Waals surface area contributed by atoms with E-state index in [0.717, 1.165) is 25.5 Å². The third-order valence-electron chi connectivity index (χ3n) is 1.91. The van der Waals surface area contributed by atoms with Crippen LogP contribution in [-0.4, -0.2) is 49.4 Å². The van der Waals surface area contributed by atoms with Crippen molar-refractivity contribution in [3.8, 4) is 0 Å². The van der Waals surface area contributed by atoms with E-state index in [1.54, 1.807) is 6.20 Å². The topological polar surface area (TPSA) is 18.8 Å². The Hall–Kier alpha value is -0.830. The molecule has 1 rings (SSSR count). The van der Waals surface area contributed by atoms with Gasteiger partial charge in [0.15, 0.2) is 0 Å². The van der Waals surface area contributed by atoms with E-state index in [4.69, 9.17) is 0 Å². The van der Waals surface area contributed by atoms with Crippen LogP contribution in [-0.2, 0) is 0 Å². The minimum absolute atomic E-state index is 0.933. The smallest absolute Gasteiger partial charge is 0.118 e. The highest BCUT2D eigenvalue weighted by atomic mass is 15.3. The van der Waals surface area contributed by atoms with E-state index in [9.17, 15) is 0 Å². The summed E-state index contributed by atoms with van der Waals surface area (Å²) in [7, 11) is 4.17. The first kappa shape index (κ1) is 8.27. The SMILES string of the molecule is C=CN=C1CN(C)CCN1C. The fraction of sp³-hybridized carbons (Fsp3) is 0.625. The van der Waals surface area contributed by atoms with Gasteiger partial charge in [-0.2, -0.15) is 0 Å². The maximum absolute atomic E-state index is 4.18. The molecule has 3 nitrogen and oxygen atoms in total. The van der Waals surface area contributed by atoms with E-state index in [1.807, 2.05) is 0 Å². The fourth-order valence-electron chi connectivity index (χ4n) is 1.14. The first-order valence-corrected chi connectivity index (χ1v) is 3.81. The van der Waals surface area contributed by atoms with Gasteiger partial charge in [0.1, 0.15) is 5.84 Å². The number of nitrogens with zero attached hydrogens (tertiary/aromatic N) is 3. The van der Waals surface area contributed by atoms with Gasteiger partial charge in [-0.1, -0.05) is 6.58 Å². The molecule has 11 heavy (non-hydrogen) atoms. The van der Waals surface area contributed by atoms with Crippen LogP contribution in [0.25, 0.3) is 0 Å². The first-order chi connectivity index (χ1) is 5.24. The molecule has 0 bridgehead atoms. The standard InChI is InChI=1S/C8H15N3/c1-4-9-8-7-10(2)5-6-11(8)3/h4H,1,5-7H2,2-3H3. The van der Waals surface area contributed by atoms with Gasteiger partial charge in [-0.3, -0.25) is 4.90 Å². The zero-order valence-electron chi connectivity index (χ0n) is 7.25. The Kier molecular flexibility index (Phi) is 2.65. The summed E-state index contributed by atoms with van der Waals surface area (Å²) in [6, 6.07) is 0. The molecule has 1 aliphatic heterocycles.